The van der Waals surface area contributed by atoms with Crippen molar-refractivity contribution >= 4 is 11.6 Å². The molecule has 0 atom stereocenters. The molecule has 0 aliphatic carbocycles. The van der Waals surface area contributed by atoms with Gasteiger partial charge >= 0.3 is 12.1 Å². The van der Waals surface area contributed by atoms with E-state index in [4.69, 9.17) is 0 Å². The van der Waals surface area contributed by atoms with Gasteiger partial charge in [-0.1, -0.05) is 24.0 Å². The molecule has 1 N–H and O–H groups in total. The number of anilines is 1. The third kappa shape index (κ3) is 4.54. The van der Waals surface area contributed by atoms with Gasteiger partial charge in [0.15, 0.2) is 0 Å². The van der Waals surface area contributed by atoms with Crippen LogP contribution in [0.4, 0.5) is 18.9 Å². The molecule has 1 rings (SSSR count). The minimum atomic E-state index is -4.87. The van der Waals surface area contributed by atoms with Crippen LogP contribution in [0.3, 0.4) is 0 Å². The highest BCUT2D eigenvalue weighted by Crippen LogP contribution is 2.16. The number of para-hydroxylation sites is 1. The normalized spacial score (nSPS) is 10.4. The van der Waals surface area contributed by atoms with Gasteiger partial charge in [-0.15, -0.1) is 0 Å². The molecule has 3 nitrogen and oxygen atoms in total. The first-order chi connectivity index (χ1) is 8.82. The first-order valence-corrected chi connectivity index (χ1v) is 5.42. The smallest absolute Gasteiger partial charge is 0.377 e. The summed E-state index contributed by atoms with van der Waals surface area (Å²) in [4.78, 5) is 12.4. The summed E-state index contributed by atoms with van der Waals surface area (Å²) in [5, 5.41) is 1.69. The Morgan fingerprint density at radius 1 is 1.32 bits per heavy atom. The lowest BCUT2D eigenvalue weighted by Crippen LogP contribution is -2.36. The first kappa shape index (κ1) is 14.9. The van der Waals surface area contributed by atoms with Crippen LogP contribution in [0.15, 0.2) is 24.3 Å². The van der Waals surface area contributed by atoms with Crippen molar-refractivity contribution in [2.75, 3.05) is 25.5 Å². The van der Waals surface area contributed by atoms with Crippen LogP contribution in [0.2, 0.25) is 0 Å². The summed E-state index contributed by atoms with van der Waals surface area (Å²) in [6.45, 7) is -0.347. The SMILES string of the molecule is CN(C)c1ccccc1C#CCNC(=O)C(F)(F)F. The van der Waals surface area contributed by atoms with Gasteiger partial charge in [-0.2, -0.15) is 13.2 Å². The van der Waals surface area contributed by atoms with Gasteiger partial charge in [0, 0.05) is 19.7 Å². The fraction of sp³-hybridized carbons (Fsp3) is 0.308. The van der Waals surface area contributed by atoms with Gasteiger partial charge in [0.05, 0.1) is 12.2 Å². The van der Waals surface area contributed by atoms with Gasteiger partial charge < -0.3 is 10.2 Å². The lowest BCUT2D eigenvalue weighted by Gasteiger charge is -2.13. The number of carbonyl (C=O) groups is 1. The van der Waals surface area contributed by atoms with Crippen molar-refractivity contribution in [3.8, 4) is 11.8 Å². The van der Waals surface area contributed by atoms with Crippen LogP contribution in [0.25, 0.3) is 0 Å². The molecule has 0 aromatic heterocycles. The van der Waals surface area contributed by atoms with Gasteiger partial charge in [-0.05, 0) is 12.1 Å². The highest BCUT2D eigenvalue weighted by Gasteiger charge is 2.38. The minimum Gasteiger partial charge on any atom is -0.377 e. The maximum absolute atomic E-state index is 11.9. The van der Waals surface area contributed by atoms with Crippen molar-refractivity contribution in [3.63, 3.8) is 0 Å². The van der Waals surface area contributed by atoms with E-state index in [1.54, 1.807) is 17.4 Å². The number of amides is 1. The summed E-state index contributed by atoms with van der Waals surface area (Å²) >= 11 is 0. The number of benzene rings is 1. The van der Waals surface area contributed by atoms with Crippen molar-refractivity contribution in [1.29, 1.82) is 0 Å². The Balaban J connectivity index is 2.68. The van der Waals surface area contributed by atoms with Crippen LogP contribution >= 0.6 is 0 Å². The molecule has 0 aliphatic rings. The van der Waals surface area contributed by atoms with Crippen molar-refractivity contribution < 1.29 is 18.0 Å². The number of halogens is 3. The largest absolute Gasteiger partial charge is 0.471 e. The fourth-order valence-corrected chi connectivity index (χ4v) is 1.33. The van der Waals surface area contributed by atoms with Crippen LogP contribution in [-0.4, -0.2) is 32.7 Å². The molecule has 6 heteroatoms. The standard InChI is InChI=1S/C13H13F3N2O/c1-18(2)11-8-4-3-6-10(11)7-5-9-17-12(19)13(14,15)16/h3-4,6,8H,9H2,1-2H3,(H,17,19). The van der Waals surface area contributed by atoms with Crippen LogP contribution < -0.4 is 10.2 Å². The first-order valence-electron chi connectivity index (χ1n) is 5.42. The quantitative estimate of drug-likeness (QED) is 0.831. The zero-order chi connectivity index (χ0) is 14.5. The van der Waals surface area contributed by atoms with E-state index >= 15 is 0 Å². The van der Waals surface area contributed by atoms with Gasteiger partial charge in [-0.25, -0.2) is 0 Å². The minimum absolute atomic E-state index is 0.347. The summed E-state index contributed by atoms with van der Waals surface area (Å²) in [7, 11) is 3.68. The van der Waals surface area contributed by atoms with Crippen molar-refractivity contribution in [2.45, 2.75) is 6.18 Å². The molecule has 19 heavy (non-hydrogen) atoms. The van der Waals surface area contributed by atoms with Gasteiger partial charge in [0.2, 0.25) is 0 Å². The molecule has 0 heterocycles. The van der Waals surface area contributed by atoms with E-state index in [1.807, 2.05) is 31.1 Å². The molecule has 0 saturated carbocycles. The Bertz CT molecular complexity index is 513. The second kappa shape index (κ2) is 6.14. The van der Waals surface area contributed by atoms with E-state index in [2.05, 4.69) is 11.8 Å². The summed E-state index contributed by atoms with van der Waals surface area (Å²) in [5.41, 5.74) is 1.55. The third-order valence-corrected chi connectivity index (χ3v) is 2.20. The second-order valence-electron chi connectivity index (χ2n) is 3.89. The second-order valence-corrected chi connectivity index (χ2v) is 3.89. The van der Waals surface area contributed by atoms with Crippen LogP contribution in [-0.2, 0) is 4.79 Å². The predicted octanol–water partition coefficient (Wildman–Crippen LogP) is 1.78. The highest BCUT2D eigenvalue weighted by atomic mass is 19.4. The van der Waals surface area contributed by atoms with E-state index in [0.717, 1.165) is 5.69 Å². The Hall–Kier alpha value is -2.16. The molecule has 1 amide bonds. The summed E-state index contributed by atoms with van der Waals surface area (Å²) < 4.78 is 35.7. The predicted molar refractivity (Wildman–Crippen MR) is 66.7 cm³/mol. The highest BCUT2D eigenvalue weighted by molar-refractivity contribution is 5.81. The molecule has 1 aromatic carbocycles. The molecule has 0 radical (unpaired) electrons. The number of hydrogen-bond donors (Lipinski definition) is 1. The summed E-state index contributed by atoms with van der Waals surface area (Å²) in [5.74, 6) is 3.24. The molecule has 0 unspecified atom stereocenters. The molecular weight excluding hydrogens is 257 g/mol. The molecule has 0 spiro atoms. The van der Waals surface area contributed by atoms with Gasteiger partial charge in [0.1, 0.15) is 0 Å². The summed E-state index contributed by atoms with van der Waals surface area (Å²) in [6, 6.07) is 7.23. The molecule has 0 bridgehead atoms. The van der Waals surface area contributed by atoms with E-state index in [1.165, 1.54) is 0 Å². The Morgan fingerprint density at radius 2 is 1.95 bits per heavy atom. The lowest BCUT2D eigenvalue weighted by atomic mass is 10.1. The van der Waals surface area contributed by atoms with Crippen LogP contribution in [0.5, 0.6) is 0 Å². The van der Waals surface area contributed by atoms with Gasteiger partial charge in [0.25, 0.3) is 0 Å². The number of hydrogen-bond acceptors (Lipinski definition) is 2. The Labute approximate surface area is 109 Å². The average molecular weight is 270 g/mol. The number of nitrogens with one attached hydrogen (secondary N) is 1. The van der Waals surface area contributed by atoms with E-state index in [0.29, 0.717) is 5.56 Å². The number of nitrogens with zero attached hydrogens (tertiary/aromatic N) is 1. The maximum atomic E-state index is 11.9. The maximum Gasteiger partial charge on any atom is 0.471 e. The molecule has 0 fully saturated rings. The van der Waals surface area contributed by atoms with Crippen molar-refractivity contribution in [2.24, 2.45) is 0 Å². The number of carbonyl (C=O) groups excluding carboxylic acids is 1. The fourth-order valence-electron chi connectivity index (χ4n) is 1.33. The third-order valence-electron chi connectivity index (χ3n) is 2.20. The lowest BCUT2D eigenvalue weighted by molar-refractivity contribution is -0.173. The Kier molecular flexibility index (Phi) is 4.81. The van der Waals surface area contributed by atoms with Gasteiger partial charge in [-0.3, -0.25) is 4.79 Å². The molecule has 102 valence electrons. The molecular formula is C13H13F3N2O. The topological polar surface area (TPSA) is 32.3 Å². The number of rotatable bonds is 2. The molecule has 0 aliphatic heterocycles. The van der Waals surface area contributed by atoms with Crippen molar-refractivity contribution in [1.82, 2.24) is 5.32 Å². The van der Waals surface area contributed by atoms with Crippen LogP contribution in [0, 0.1) is 11.8 Å². The van der Waals surface area contributed by atoms with E-state index in [-0.39, 0.29) is 6.54 Å². The average Bonchev–Trinajstić information content (AvgIpc) is 2.33. The summed E-state index contributed by atoms with van der Waals surface area (Å²) in [6.07, 6.45) is -4.87. The number of alkyl halides is 3. The monoisotopic (exact) mass is 270 g/mol. The molecule has 0 saturated heterocycles. The van der Waals surface area contributed by atoms with E-state index in [9.17, 15) is 18.0 Å². The Morgan fingerprint density at radius 3 is 2.53 bits per heavy atom. The van der Waals surface area contributed by atoms with Crippen molar-refractivity contribution in [3.05, 3.63) is 29.8 Å². The van der Waals surface area contributed by atoms with E-state index < -0.39 is 12.1 Å². The molecule has 1 aromatic rings. The zero-order valence-electron chi connectivity index (χ0n) is 10.5. The van der Waals surface area contributed by atoms with Crippen LogP contribution in [0.1, 0.15) is 5.56 Å². The zero-order valence-corrected chi connectivity index (χ0v) is 10.5.